The molecule has 2 heterocycles. The van der Waals surface area contributed by atoms with Crippen LogP contribution in [0.3, 0.4) is 0 Å². The predicted molar refractivity (Wildman–Crippen MR) is 71.9 cm³/mol. The number of carbonyl (C=O) groups excluding carboxylic acids is 1. The Hall–Kier alpha value is -2.62. The average molecular weight is 249 g/mol. The van der Waals surface area contributed by atoms with E-state index in [0.717, 1.165) is 16.6 Å². The molecule has 1 aromatic carbocycles. The van der Waals surface area contributed by atoms with Gasteiger partial charge in [0, 0.05) is 23.3 Å². The molecule has 92 valence electrons. The van der Waals surface area contributed by atoms with Gasteiger partial charge in [-0.05, 0) is 19.1 Å². The summed E-state index contributed by atoms with van der Waals surface area (Å²) in [5.41, 5.74) is 2.54. The zero-order valence-electron chi connectivity index (χ0n) is 10.4. The summed E-state index contributed by atoms with van der Waals surface area (Å²) in [6, 6.07) is 9.20. The van der Waals surface area contributed by atoms with E-state index in [1.165, 1.54) is 6.20 Å². The summed E-state index contributed by atoms with van der Waals surface area (Å²) in [6.07, 6.45) is 4.81. The smallest absolute Gasteiger partial charge is 0.213 e. The number of ketones is 1. The summed E-state index contributed by atoms with van der Waals surface area (Å²) in [7, 11) is 0. The van der Waals surface area contributed by atoms with Crippen molar-refractivity contribution in [3.8, 4) is 0 Å². The number of nitrogens with zero attached hydrogens (tertiary/aromatic N) is 3. The lowest BCUT2D eigenvalue weighted by Gasteiger charge is -2.04. The van der Waals surface area contributed by atoms with Crippen molar-refractivity contribution in [1.82, 2.24) is 15.0 Å². The summed E-state index contributed by atoms with van der Waals surface area (Å²) in [6.45, 7) is 1.84. The third-order valence-corrected chi connectivity index (χ3v) is 2.90. The van der Waals surface area contributed by atoms with Crippen molar-refractivity contribution in [3.63, 3.8) is 0 Å². The van der Waals surface area contributed by atoms with Crippen molar-refractivity contribution < 1.29 is 4.79 Å². The fourth-order valence-corrected chi connectivity index (χ4v) is 1.95. The molecule has 0 spiro atoms. The fraction of sp³-hybridized carbons (Fsp3) is 0.0667. The Kier molecular flexibility index (Phi) is 2.76. The highest BCUT2D eigenvalue weighted by molar-refractivity contribution is 6.14. The van der Waals surface area contributed by atoms with Crippen LogP contribution in [0.4, 0.5) is 0 Å². The van der Waals surface area contributed by atoms with Crippen LogP contribution in [0.5, 0.6) is 0 Å². The molecule has 4 nitrogen and oxygen atoms in total. The molecule has 0 N–H and O–H groups in total. The lowest BCUT2D eigenvalue weighted by Crippen LogP contribution is -2.06. The third kappa shape index (κ3) is 2.08. The Morgan fingerprint density at radius 3 is 2.68 bits per heavy atom. The van der Waals surface area contributed by atoms with E-state index in [-0.39, 0.29) is 5.78 Å². The summed E-state index contributed by atoms with van der Waals surface area (Å²) in [5.74, 6) is -0.133. The van der Waals surface area contributed by atoms with E-state index in [1.54, 1.807) is 18.5 Å². The van der Waals surface area contributed by atoms with Gasteiger partial charge < -0.3 is 0 Å². The van der Waals surface area contributed by atoms with E-state index in [1.807, 2.05) is 31.2 Å². The van der Waals surface area contributed by atoms with Crippen molar-refractivity contribution in [2.45, 2.75) is 6.92 Å². The van der Waals surface area contributed by atoms with E-state index in [0.29, 0.717) is 11.3 Å². The van der Waals surface area contributed by atoms with E-state index >= 15 is 0 Å². The van der Waals surface area contributed by atoms with Crippen molar-refractivity contribution >= 4 is 16.7 Å². The minimum Gasteiger partial charge on any atom is -0.287 e. The molecule has 0 radical (unpaired) electrons. The number of hydrogen-bond donors (Lipinski definition) is 0. The molecular weight excluding hydrogens is 238 g/mol. The molecule has 0 aliphatic carbocycles. The first-order chi connectivity index (χ1) is 9.25. The lowest BCUT2D eigenvalue weighted by molar-refractivity contribution is 0.103. The summed E-state index contributed by atoms with van der Waals surface area (Å²) < 4.78 is 0. The highest BCUT2D eigenvalue weighted by Crippen LogP contribution is 2.18. The predicted octanol–water partition coefficient (Wildman–Crippen LogP) is 2.56. The van der Waals surface area contributed by atoms with E-state index < -0.39 is 0 Å². The normalized spacial score (nSPS) is 10.6. The largest absolute Gasteiger partial charge is 0.287 e. The minimum atomic E-state index is -0.133. The second-order valence-electron chi connectivity index (χ2n) is 4.25. The van der Waals surface area contributed by atoms with Crippen LogP contribution >= 0.6 is 0 Å². The molecular formula is C15H11N3O. The van der Waals surface area contributed by atoms with Gasteiger partial charge in [-0.25, -0.2) is 4.98 Å². The molecule has 0 unspecified atom stereocenters. The zero-order valence-corrected chi connectivity index (χ0v) is 10.4. The zero-order chi connectivity index (χ0) is 13.2. The second kappa shape index (κ2) is 4.57. The number of pyridine rings is 1. The first kappa shape index (κ1) is 11.5. The van der Waals surface area contributed by atoms with Crippen LogP contribution in [0.25, 0.3) is 10.9 Å². The van der Waals surface area contributed by atoms with Crippen molar-refractivity contribution in [1.29, 1.82) is 0 Å². The summed E-state index contributed by atoms with van der Waals surface area (Å²) >= 11 is 0. The van der Waals surface area contributed by atoms with Crippen LogP contribution in [-0.2, 0) is 0 Å². The molecule has 19 heavy (non-hydrogen) atoms. The van der Waals surface area contributed by atoms with Gasteiger partial charge in [0.15, 0.2) is 0 Å². The van der Waals surface area contributed by atoms with Gasteiger partial charge >= 0.3 is 0 Å². The highest BCUT2D eigenvalue weighted by Gasteiger charge is 2.14. The quantitative estimate of drug-likeness (QED) is 0.655. The Morgan fingerprint density at radius 2 is 1.89 bits per heavy atom. The van der Waals surface area contributed by atoms with Gasteiger partial charge in [-0.2, -0.15) is 0 Å². The molecule has 0 aliphatic rings. The topological polar surface area (TPSA) is 55.7 Å². The number of fused-ring (bicyclic) bond motifs is 1. The number of benzene rings is 1. The SMILES string of the molecule is Cc1cnc(C(=O)c2cccc3ncccc23)cn1. The molecule has 0 bridgehead atoms. The van der Waals surface area contributed by atoms with E-state index in [2.05, 4.69) is 15.0 Å². The molecule has 4 heteroatoms. The number of aryl methyl sites for hydroxylation is 1. The van der Waals surface area contributed by atoms with Gasteiger partial charge in [0.25, 0.3) is 0 Å². The van der Waals surface area contributed by atoms with Crippen molar-refractivity contribution in [2.75, 3.05) is 0 Å². The molecule has 3 rings (SSSR count). The van der Waals surface area contributed by atoms with Crippen LogP contribution in [-0.4, -0.2) is 20.7 Å². The van der Waals surface area contributed by atoms with Gasteiger partial charge in [-0.1, -0.05) is 18.2 Å². The molecule has 3 aromatic rings. The molecule has 0 saturated heterocycles. The summed E-state index contributed by atoms with van der Waals surface area (Å²) in [5, 5.41) is 0.831. The molecule has 0 saturated carbocycles. The Labute approximate surface area is 110 Å². The van der Waals surface area contributed by atoms with Crippen molar-refractivity contribution in [3.05, 3.63) is 65.9 Å². The minimum absolute atomic E-state index is 0.133. The van der Waals surface area contributed by atoms with Crippen LogP contribution in [0, 0.1) is 6.92 Å². The lowest BCUT2D eigenvalue weighted by atomic mass is 10.0. The number of aromatic nitrogens is 3. The maximum absolute atomic E-state index is 12.4. The van der Waals surface area contributed by atoms with Gasteiger partial charge in [0.2, 0.25) is 5.78 Å². The Balaban J connectivity index is 2.14. The molecule has 0 aliphatic heterocycles. The fourth-order valence-electron chi connectivity index (χ4n) is 1.95. The van der Waals surface area contributed by atoms with Gasteiger partial charge in [0.1, 0.15) is 5.69 Å². The third-order valence-electron chi connectivity index (χ3n) is 2.90. The summed E-state index contributed by atoms with van der Waals surface area (Å²) in [4.78, 5) is 24.9. The number of hydrogen-bond acceptors (Lipinski definition) is 4. The Bertz CT molecular complexity index is 745. The van der Waals surface area contributed by atoms with Gasteiger partial charge in [-0.3, -0.25) is 14.8 Å². The standard InChI is InChI=1S/C15H11N3O/c1-10-8-18-14(9-17-10)15(19)12-4-2-6-13-11(12)5-3-7-16-13/h2-9H,1H3. The maximum atomic E-state index is 12.4. The van der Waals surface area contributed by atoms with Gasteiger partial charge in [-0.15, -0.1) is 0 Å². The van der Waals surface area contributed by atoms with Crippen LogP contribution in [0.15, 0.2) is 48.9 Å². The highest BCUT2D eigenvalue weighted by atomic mass is 16.1. The monoisotopic (exact) mass is 249 g/mol. The Morgan fingerprint density at radius 1 is 1.00 bits per heavy atom. The first-order valence-electron chi connectivity index (χ1n) is 5.93. The van der Waals surface area contributed by atoms with Crippen molar-refractivity contribution in [2.24, 2.45) is 0 Å². The number of rotatable bonds is 2. The van der Waals surface area contributed by atoms with Crippen LogP contribution in [0.1, 0.15) is 21.7 Å². The molecule has 0 atom stereocenters. The van der Waals surface area contributed by atoms with Crippen LogP contribution < -0.4 is 0 Å². The average Bonchev–Trinajstić information content (AvgIpc) is 2.47. The van der Waals surface area contributed by atoms with Gasteiger partial charge in [0.05, 0.1) is 17.4 Å². The van der Waals surface area contributed by atoms with E-state index in [4.69, 9.17) is 0 Å². The molecule has 2 aromatic heterocycles. The second-order valence-corrected chi connectivity index (χ2v) is 4.25. The van der Waals surface area contributed by atoms with E-state index in [9.17, 15) is 4.79 Å². The van der Waals surface area contributed by atoms with Crippen LogP contribution in [0.2, 0.25) is 0 Å². The first-order valence-corrected chi connectivity index (χ1v) is 5.93. The number of carbonyl (C=O) groups is 1. The molecule has 0 amide bonds. The maximum Gasteiger partial charge on any atom is 0.213 e. The molecule has 0 fully saturated rings.